The third-order valence-corrected chi connectivity index (χ3v) is 3.42. The largest absolute Gasteiger partial charge is 0.469 e. The van der Waals surface area contributed by atoms with Gasteiger partial charge in [0.25, 0.3) is 0 Å². The average molecular weight is 264 g/mol. The summed E-state index contributed by atoms with van der Waals surface area (Å²) in [6, 6.07) is 3.30. The van der Waals surface area contributed by atoms with Gasteiger partial charge in [-0.15, -0.1) is 0 Å². The van der Waals surface area contributed by atoms with Crippen LogP contribution in [0.5, 0.6) is 0 Å². The van der Waals surface area contributed by atoms with Gasteiger partial charge in [-0.25, -0.2) is 0 Å². The summed E-state index contributed by atoms with van der Waals surface area (Å²) in [5.74, 6) is 0.767. The molecule has 1 N–H and O–H groups in total. The first-order valence-corrected chi connectivity index (χ1v) is 6.74. The number of hydrogen-bond donors (Lipinski definition) is 1. The van der Waals surface area contributed by atoms with Crippen LogP contribution in [0.15, 0.2) is 22.8 Å². The first-order chi connectivity index (χ1) is 9.11. The maximum absolute atomic E-state index is 12.3. The highest BCUT2D eigenvalue weighted by Crippen LogP contribution is 2.15. The van der Waals surface area contributed by atoms with Crippen LogP contribution < -0.4 is 5.32 Å². The molecular formula is C14H20N2O3. The number of amides is 2. The monoisotopic (exact) mass is 264 g/mol. The van der Waals surface area contributed by atoms with Crippen molar-refractivity contribution in [2.24, 2.45) is 0 Å². The Hall–Kier alpha value is -1.78. The van der Waals surface area contributed by atoms with Gasteiger partial charge in [0.15, 0.2) is 0 Å². The molecule has 5 nitrogen and oxygen atoms in total. The summed E-state index contributed by atoms with van der Waals surface area (Å²) in [6.45, 7) is 4.09. The summed E-state index contributed by atoms with van der Waals surface area (Å²) in [4.78, 5) is 25.6. The van der Waals surface area contributed by atoms with Crippen LogP contribution in [0.3, 0.4) is 0 Å². The fraction of sp³-hybridized carbons (Fsp3) is 0.571. The van der Waals surface area contributed by atoms with Crippen LogP contribution in [0.4, 0.5) is 0 Å². The van der Waals surface area contributed by atoms with Gasteiger partial charge < -0.3 is 14.6 Å². The molecule has 1 aromatic heterocycles. The second kappa shape index (κ2) is 5.91. The summed E-state index contributed by atoms with van der Waals surface area (Å²) in [7, 11) is 0. The summed E-state index contributed by atoms with van der Waals surface area (Å²) in [5.41, 5.74) is 0. The molecule has 0 bridgehead atoms. The Labute approximate surface area is 113 Å². The van der Waals surface area contributed by atoms with Crippen molar-refractivity contribution in [1.82, 2.24) is 10.2 Å². The van der Waals surface area contributed by atoms with Crippen molar-refractivity contribution in [2.75, 3.05) is 6.54 Å². The van der Waals surface area contributed by atoms with Crippen LogP contribution in [-0.4, -0.2) is 35.3 Å². The van der Waals surface area contributed by atoms with E-state index >= 15 is 0 Å². The van der Waals surface area contributed by atoms with E-state index in [9.17, 15) is 9.59 Å². The van der Waals surface area contributed by atoms with Crippen LogP contribution in [0.25, 0.3) is 0 Å². The van der Waals surface area contributed by atoms with Gasteiger partial charge in [-0.05, 0) is 25.5 Å². The Morgan fingerprint density at radius 1 is 1.53 bits per heavy atom. The van der Waals surface area contributed by atoms with Crippen molar-refractivity contribution >= 4 is 11.8 Å². The highest BCUT2D eigenvalue weighted by Gasteiger charge is 2.34. The third kappa shape index (κ3) is 3.16. The molecule has 1 aromatic rings. The van der Waals surface area contributed by atoms with E-state index < -0.39 is 0 Å². The van der Waals surface area contributed by atoms with E-state index in [1.807, 2.05) is 26.0 Å². The number of piperazine rings is 1. The number of carbonyl (C=O) groups excluding carboxylic acids is 2. The molecule has 1 aliphatic rings. The van der Waals surface area contributed by atoms with Gasteiger partial charge >= 0.3 is 0 Å². The maximum Gasteiger partial charge on any atom is 0.245 e. The predicted molar refractivity (Wildman–Crippen MR) is 70.4 cm³/mol. The average Bonchev–Trinajstić information content (AvgIpc) is 2.86. The minimum absolute atomic E-state index is 0.0144. The molecule has 104 valence electrons. The molecule has 2 rings (SSSR count). The normalized spacial score (nSPS) is 21.4. The van der Waals surface area contributed by atoms with Gasteiger partial charge in [-0.1, -0.05) is 13.3 Å². The Kier molecular flexibility index (Phi) is 4.24. The summed E-state index contributed by atoms with van der Waals surface area (Å²) < 4.78 is 5.29. The van der Waals surface area contributed by atoms with E-state index in [4.69, 9.17) is 4.42 Å². The van der Waals surface area contributed by atoms with Gasteiger partial charge in [0.05, 0.1) is 12.8 Å². The number of hydrogen-bond acceptors (Lipinski definition) is 3. The molecule has 0 saturated carbocycles. The number of nitrogens with zero attached hydrogens (tertiary/aromatic N) is 1. The first kappa shape index (κ1) is 13.6. The minimum Gasteiger partial charge on any atom is -0.469 e. The van der Waals surface area contributed by atoms with Crippen molar-refractivity contribution in [2.45, 2.75) is 45.2 Å². The predicted octanol–water partition coefficient (Wildman–Crippen LogP) is 1.34. The fourth-order valence-electron chi connectivity index (χ4n) is 2.42. The summed E-state index contributed by atoms with van der Waals surface area (Å²) in [6.07, 6.45) is 3.81. The quantitative estimate of drug-likeness (QED) is 0.873. The highest BCUT2D eigenvalue weighted by atomic mass is 16.3. The van der Waals surface area contributed by atoms with Crippen LogP contribution >= 0.6 is 0 Å². The van der Waals surface area contributed by atoms with Gasteiger partial charge in [-0.3, -0.25) is 9.59 Å². The molecule has 19 heavy (non-hydrogen) atoms. The Bertz CT molecular complexity index is 442. The van der Waals surface area contributed by atoms with Crippen molar-refractivity contribution in [3.05, 3.63) is 24.2 Å². The van der Waals surface area contributed by atoms with Gasteiger partial charge in [0.1, 0.15) is 11.8 Å². The number of carbonyl (C=O) groups is 2. The number of nitrogens with one attached hydrogen (secondary N) is 1. The third-order valence-electron chi connectivity index (χ3n) is 3.42. The van der Waals surface area contributed by atoms with E-state index in [1.54, 1.807) is 11.2 Å². The Morgan fingerprint density at radius 2 is 2.32 bits per heavy atom. The molecule has 0 aliphatic carbocycles. The van der Waals surface area contributed by atoms with Crippen LogP contribution in [0.1, 0.15) is 32.4 Å². The molecule has 2 amide bonds. The molecule has 1 saturated heterocycles. The number of rotatable bonds is 5. The Balaban J connectivity index is 2.04. The topological polar surface area (TPSA) is 62.6 Å². The Morgan fingerprint density at radius 3 is 2.95 bits per heavy atom. The standard InChI is InChI=1S/C14H20N2O3/c1-3-5-12-14(18)16(9-13(17)15-12)10(2)8-11-6-4-7-19-11/h4,6-7,10,12H,3,5,8-9H2,1-2H3,(H,15,17). The van der Waals surface area contributed by atoms with E-state index in [0.29, 0.717) is 12.8 Å². The zero-order chi connectivity index (χ0) is 13.8. The molecule has 2 heterocycles. The molecule has 1 fully saturated rings. The second-order valence-corrected chi connectivity index (χ2v) is 5.01. The summed E-state index contributed by atoms with van der Waals surface area (Å²) in [5, 5.41) is 2.76. The number of furan rings is 1. The first-order valence-electron chi connectivity index (χ1n) is 6.74. The van der Waals surface area contributed by atoms with Crippen LogP contribution in [-0.2, 0) is 16.0 Å². The smallest absolute Gasteiger partial charge is 0.245 e. The van der Waals surface area contributed by atoms with Crippen molar-refractivity contribution in [3.63, 3.8) is 0 Å². The van der Waals surface area contributed by atoms with Gasteiger partial charge in [0, 0.05) is 12.5 Å². The second-order valence-electron chi connectivity index (χ2n) is 5.01. The SMILES string of the molecule is CCCC1NC(=O)CN(C(C)Cc2ccco2)C1=O. The minimum atomic E-state index is -0.370. The van der Waals surface area contributed by atoms with Crippen LogP contribution in [0, 0.1) is 0 Å². The zero-order valence-corrected chi connectivity index (χ0v) is 11.4. The molecule has 0 spiro atoms. The lowest BCUT2D eigenvalue weighted by Gasteiger charge is -2.36. The van der Waals surface area contributed by atoms with E-state index in [2.05, 4.69) is 5.32 Å². The van der Waals surface area contributed by atoms with Gasteiger partial charge in [-0.2, -0.15) is 0 Å². The molecule has 5 heteroatoms. The lowest BCUT2D eigenvalue weighted by molar-refractivity contribution is -0.146. The van der Waals surface area contributed by atoms with E-state index in [0.717, 1.165) is 12.2 Å². The van der Waals surface area contributed by atoms with Crippen LogP contribution in [0.2, 0.25) is 0 Å². The molecule has 0 aromatic carbocycles. The molecule has 0 radical (unpaired) electrons. The molecular weight excluding hydrogens is 244 g/mol. The fourth-order valence-corrected chi connectivity index (χ4v) is 2.42. The molecule has 1 aliphatic heterocycles. The zero-order valence-electron chi connectivity index (χ0n) is 11.4. The molecule has 2 unspecified atom stereocenters. The maximum atomic E-state index is 12.3. The lowest BCUT2D eigenvalue weighted by Crippen LogP contribution is -2.60. The van der Waals surface area contributed by atoms with E-state index in [1.165, 1.54) is 0 Å². The van der Waals surface area contributed by atoms with Crippen molar-refractivity contribution in [1.29, 1.82) is 0 Å². The molecule has 2 atom stereocenters. The highest BCUT2D eigenvalue weighted by molar-refractivity contribution is 5.95. The van der Waals surface area contributed by atoms with Gasteiger partial charge in [0.2, 0.25) is 11.8 Å². The summed E-state index contributed by atoms with van der Waals surface area (Å²) >= 11 is 0. The lowest BCUT2D eigenvalue weighted by atomic mass is 10.0. The van der Waals surface area contributed by atoms with Crippen molar-refractivity contribution in [3.8, 4) is 0 Å². The van der Waals surface area contributed by atoms with Crippen molar-refractivity contribution < 1.29 is 14.0 Å². The van der Waals surface area contributed by atoms with E-state index in [-0.39, 0.29) is 30.4 Å².